The molecule has 142 valence electrons. The van der Waals surface area contributed by atoms with Gasteiger partial charge in [0.1, 0.15) is 0 Å². The minimum Gasteiger partial charge on any atom is -0.395 e. The number of carbonyl (C=O) groups is 1. The highest BCUT2D eigenvalue weighted by atomic mass is 35.5. The van der Waals surface area contributed by atoms with Crippen LogP contribution in [0.25, 0.3) is 0 Å². The van der Waals surface area contributed by atoms with E-state index in [9.17, 15) is 4.79 Å². The molecule has 0 radical (unpaired) electrons. The lowest BCUT2D eigenvalue weighted by Crippen LogP contribution is -2.47. The number of rotatable bonds is 4. The average Bonchev–Trinajstić information content (AvgIpc) is 2.68. The number of aromatic nitrogens is 2. The molecule has 1 aliphatic heterocycles. The molecule has 0 spiro atoms. The third kappa shape index (κ3) is 3.98. The Hall–Kier alpha value is -2.02. The van der Waals surface area contributed by atoms with Crippen molar-refractivity contribution in [1.29, 1.82) is 0 Å². The first-order chi connectivity index (χ1) is 13.1. The summed E-state index contributed by atoms with van der Waals surface area (Å²) < 4.78 is 0. The van der Waals surface area contributed by atoms with Crippen LogP contribution >= 0.6 is 11.6 Å². The van der Waals surface area contributed by atoms with E-state index in [2.05, 4.69) is 14.8 Å². The Kier molecular flexibility index (Phi) is 5.38. The van der Waals surface area contributed by atoms with E-state index in [1.54, 1.807) is 6.20 Å². The third-order valence-electron chi connectivity index (χ3n) is 5.42. The number of Topliss-reactive ketones (excluding diaryl/α,β-unsaturated/α-hetero) is 1. The molecule has 1 aliphatic carbocycles. The number of halogens is 1. The molecule has 0 amide bonds. The van der Waals surface area contributed by atoms with Gasteiger partial charge in [-0.1, -0.05) is 23.7 Å². The van der Waals surface area contributed by atoms with Crippen LogP contribution in [0.2, 0.25) is 5.02 Å². The molecule has 2 aliphatic rings. The quantitative estimate of drug-likeness (QED) is 0.868. The van der Waals surface area contributed by atoms with Crippen LogP contribution < -0.4 is 4.90 Å². The van der Waals surface area contributed by atoms with E-state index in [-0.39, 0.29) is 18.3 Å². The smallest absolute Gasteiger partial charge is 0.225 e. The number of aliphatic hydroxyl groups excluding tert-OH is 1. The zero-order valence-electron chi connectivity index (χ0n) is 15.1. The predicted molar refractivity (Wildman–Crippen MR) is 105 cm³/mol. The summed E-state index contributed by atoms with van der Waals surface area (Å²) in [5.41, 5.74) is 2.56. The number of aliphatic hydroxyl groups is 1. The van der Waals surface area contributed by atoms with Crippen molar-refractivity contribution in [2.24, 2.45) is 0 Å². The fourth-order valence-electron chi connectivity index (χ4n) is 3.90. The Morgan fingerprint density at radius 2 is 2.00 bits per heavy atom. The maximum absolute atomic E-state index is 12.6. The SMILES string of the molecule is O=C1C[C@H](c2cccc(Cl)c2)Cc2nc(N3CCN(CCO)CC3)ncc21. The standard InChI is InChI=1S/C20H23ClN4O2/c21-16-3-1-2-14(10-16)15-11-18-17(19(27)12-15)13-22-20(23-18)25-6-4-24(5-7-25)8-9-26/h1-3,10,13,15,26H,4-9,11-12H2/t15-/m1/s1. The summed E-state index contributed by atoms with van der Waals surface area (Å²) in [5, 5.41) is 9.76. The van der Waals surface area contributed by atoms with Crippen molar-refractivity contribution in [2.75, 3.05) is 44.2 Å². The monoisotopic (exact) mass is 386 g/mol. The summed E-state index contributed by atoms with van der Waals surface area (Å²) >= 11 is 6.12. The fraction of sp³-hybridized carbons (Fsp3) is 0.450. The number of anilines is 1. The van der Waals surface area contributed by atoms with Gasteiger partial charge >= 0.3 is 0 Å². The van der Waals surface area contributed by atoms with Gasteiger partial charge in [0.2, 0.25) is 5.95 Å². The van der Waals surface area contributed by atoms with E-state index in [0.29, 0.717) is 29.5 Å². The largest absolute Gasteiger partial charge is 0.395 e. The highest BCUT2D eigenvalue weighted by Gasteiger charge is 2.29. The Labute approximate surface area is 163 Å². The molecule has 2 heterocycles. The number of nitrogens with zero attached hydrogens (tertiary/aromatic N) is 4. The first-order valence-corrected chi connectivity index (χ1v) is 9.74. The van der Waals surface area contributed by atoms with E-state index < -0.39 is 0 Å². The van der Waals surface area contributed by atoms with E-state index in [0.717, 1.165) is 43.9 Å². The second kappa shape index (κ2) is 7.92. The lowest BCUT2D eigenvalue weighted by molar-refractivity contribution is 0.0962. The lowest BCUT2D eigenvalue weighted by Gasteiger charge is -2.34. The Morgan fingerprint density at radius 3 is 2.74 bits per heavy atom. The van der Waals surface area contributed by atoms with Gasteiger partial charge in [-0.2, -0.15) is 0 Å². The molecule has 6 nitrogen and oxygen atoms in total. The van der Waals surface area contributed by atoms with Gasteiger partial charge in [-0.3, -0.25) is 9.69 Å². The van der Waals surface area contributed by atoms with Crippen LogP contribution in [0.4, 0.5) is 5.95 Å². The molecule has 0 unspecified atom stereocenters. The molecule has 1 atom stereocenters. The van der Waals surface area contributed by atoms with E-state index in [1.807, 2.05) is 24.3 Å². The van der Waals surface area contributed by atoms with Gasteiger partial charge in [0.25, 0.3) is 0 Å². The van der Waals surface area contributed by atoms with Gasteiger partial charge in [-0.25, -0.2) is 9.97 Å². The normalized spacial score (nSPS) is 20.6. The Balaban J connectivity index is 1.53. The van der Waals surface area contributed by atoms with Crippen LogP contribution in [0.3, 0.4) is 0 Å². The molecule has 7 heteroatoms. The second-order valence-electron chi connectivity index (χ2n) is 7.17. The minimum absolute atomic E-state index is 0.0977. The molecular formula is C20H23ClN4O2. The number of fused-ring (bicyclic) bond motifs is 1. The summed E-state index contributed by atoms with van der Waals surface area (Å²) in [6.07, 6.45) is 2.88. The number of hydrogen-bond donors (Lipinski definition) is 1. The third-order valence-corrected chi connectivity index (χ3v) is 5.65. The molecular weight excluding hydrogens is 364 g/mol. The van der Waals surface area contributed by atoms with Gasteiger partial charge < -0.3 is 10.0 Å². The number of carbonyl (C=O) groups excluding carboxylic acids is 1. The van der Waals surface area contributed by atoms with Crippen LogP contribution in [0, 0.1) is 0 Å². The highest BCUT2D eigenvalue weighted by molar-refractivity contribution is 6.30. The first-order valence-electron chi connectivity index (χ1n) is 9.37. The predicted octanol–water partition coefficient (Wildman–Crippen LogP) is 2.16. The van der Waals surface area contributed by atoms with Crippen molar-refractivity contribution in [2.45, 2.75) is 18.8 Å². The number of benzene rings is 1. The molecule has 1 aromatic carbocycles. The zero-order chi connectivity index (χ0) is 18.8. The van der Waals surface area contributed by atoms with Gasteiger partial charge in [0.05, 0.1) is 17.9 Å². The average molecular weight is 387 g/mol. The van der Waals surface area contributed by atoms with Crippen LogP contribution in [-0.4, -0.2) is 65.1 Å². The van der Waals surface area contributed by atoms with Crippen LogP contribution in [0.1, 0.15) is 34.0 Å². The van der Waals surface area contributed by atoms with E-state index in [4.69, 9.17) is 21.7 Å². The summed E-state index contributed by atoms with van der Waals surface area (Å²) in [7, 11) is 0. The molecule has 0 saturated carbocycles. The van der Waals surface area contributed by atoms with Gasteiger partial charge in [0, 0.05) is 50.4 Å². The molecule has 1 aromatic heterocycles. The minimum atomic E-state index is 0.0977. The molecule has 1 saturated heterocycles. The Bertz CT molecular complexity index is 836. The highest BCUT2D eigenvalue weighted by Crippen LogP contribution is 2.33. The second-order valence-corrected chi connectivity index (χ2v) is 7.60. The molecule has 1 fully saturated rings. The molecule has 0 bridgehead atoms. The summed E-state index contributed by atoms with van der Waals surface area (Å²) in [6.45, 7) is 4.29. The van der Waals surface area contributed by atoms with Gasteiger partial charge in [0.15, 0.2) is 5.78 Å². The van der Waals surface area contributed by atoms with Crippen molar-refractivity contribution in [3.63, 3.8) is 0 Å². The van der Waals surface area contributed by atoms with Crippen molar-refractivity contribution < 1.29 is 9.90 Å². The Morgan fingerprint density at radius 1 is 1.19 bits per heavy atom. The maximum atomic E-state index is 12.6. The first kappa shape index (κ1) is 18.3. The summed E-state index contributed by atoms with van der Waals surface area (Å²) in [5.74, 6) is 0.894. The van der Waals surface area contributed by atoms with Crippen molar-refractivity contribution >= 4 is 23.3 Å². The summed E-state index contributed by atoms with van der Waals surface area (Å²) in [4.78, 5) is 26.2. The summed E-state index contributed by atoms with van der Waals surface area (Å²) in [6, 6.07) is 7.74. The van der Waals surface area contributed by atoms with Crippen LogP contribution in [-0.2, 0) is 6.42 Å². The molecule has 4 rings (SSSR count). The van der Waals surface area contributed by atoms with Gasteiger partial charge in [-0.15, -0.1) is 0 Å². The maximum Gasteiger partial charge on any atom is 0.225 e. The van der Waals surface area contributed by atoms with Crippen molar-refractivity contribution in [3.05, 3.63) is 52.3 Å². The van der Waals surface area contributed by atoms with E-state index >= 15 is 0 Å². The van der Waals surface area contributed by atoms with E-state index in [1.165, 1.54) is 0 Å². The fourth-order valence-corrected chi connectivity index (χ4v) is 4.09. The lowest BCUT2D eigenvalue weighted by atomic mass is 9.82. The van der Waals surface area contributed by atoms with Crippen molar-refractivity contribution in [1.82, 2.24) is 14.9 Å². The van der Waals surface area contributed by atoms with Crippen molar-refractivity contribution in [3.8, 4) is 0 Å². The zero-order valence-corrected chi connectivity index (χ0v) is 15.9. The molecule has 2 aromatic rings. The van der Waals surface area contributed by atoms with Gasteiger partial charge in [-0.05, 0) is 30.0 Å². The number of piperazine rings is 1. The molecule has 1 N–H and O–H groups in total. The van der Waals surface area contributed by atoms with Crippen LogP contribution in [0.15, 0.2) is 30.5 Å². The number of ketones is 1. The molecule has 27 heavy (non-hydrogen) atoms. The van der Waals surface area contributed by atoms with Crippen LogP contribution in [0.5, 0.6) is 0 Å². The number of hydrogen-bond acceptors (Lipinski definition) is 6. The topological polar surface area (TPSA) is 69.6 Å². The number of β-amino-alcohol motifs (C(OH)–C–C–N with tert-alkyl or cyclic N) is 1.